The van der Waals surface area contributed by atoms with Gasteiger partial charge >= 0.3 is 0 Å². The summed E-state index contributed by atoms with van der Waals surface area (Å²) in [6, 6.07) is 29.0. The van der Waals surface area contributed by atoms with Crippen LogP contribution >= 0.6 is 0 Å². The number of phenolic OH excluding ortho intramolecular Hbond substituents is 1. The highest BCUT2D eigenvalue weighted by Gasteiger charge is 2.37. The van der Waals surface area contributed by atoms with Crippen molar-refractivity contribution in [1.82, 2.24) is 15.1 Å². The molecule has 2 N–H and O–H groups in total. The molecule has 296 valence electrons. The third kappa shape index (κ3) is 7.58. The third-order valence-electron chi connectivity index (χ3n) is 12.9. The Balaban J connectivity index is 0.812. The van der Waals surface area contributed by atoms with E-state index in [1.165, 1.54) is 16.8 Å². The first-order valence-electron chi connectivity index (χ1n) is 20.4. The largest absolute Gasteiger partial charge is 0.508 e. The molecule has 0 aliphatic carbocycles. The van der Waals surface area contributed by atoms with Crippen LogP contribution in [-0.4, -0.2) is 105 Å². The molecule has 0 bridgehead atoms. The van der Waals surface area contributed by atoms with E-state index in [0.717, 1.165) is 86.7 Å². The highest BCUT2D eigenvalue weighted by molar-refractivity contribution is 6.00. The summed E-state index contributed by atoms with van der Waals surface area (Å²) in [5.41, 5.74) is 7.32. The highest BCUT2D eigenvalue weighted by atomic mass is 16.5. The second-order valence-corrected chi connectivity index (χ2v) is 16.5. The van der Waals surface area contributed by atoms with Crippen molar-refractivity contribution in [2.75, 3.05) is 69.3 Å². The monoisotopic (exact) mass is 769 g/mol. The van der Waals surface area contributed by atoms with Crippen LogP contribution in [0.1, 0.15) is 70.1 Å². The third-order valence-corrected chi connectivity index (χ3v) is 12.9. The molecule has 2 amide bonds. The van der Waals surface area contributed by atoms with Gasteiger partial charge in [-0.05, 0) is 79.3 Å². The smallest absolute Gasteiger partial charge is 0.243 e. The minimum absolute atomic E-state index is 0.127. The number of aldehydes is 1. The van der Waals surface area contributed by atoms with Crippen molar-refractivity contribution in [2.24, 2.45) is 5.92 Å². The molecule has 0 saturated carbocycles. The summed E-state index contributed by atoms with van der Waals surface area (Å²) in [4.78, 5) is 45.9. The van der Waals surface area contributed by atoms with Crippen molar-refractivity contribution in [2.45, 2.75) is 56.1 Å². The molecule has 4 aromatic rings. The number of imide groups is 1. The predicted octanol–water partition coefficient (Wildman–Crippen LogP) is 5.55. The van der Waals surface area contributed by atoms with Crippen LogP contribution in [0, 0.1) is 5.92 Å². The van der Waals surface area contributed by atoms with Crippen LogP contribution in [-0.2, 0) is 16.1 Å². The molecule has 4 atom stereocenters. The topological polar surface area (TPSA) is 115 Å². The fourth-order valence-corrected chi connectivity index (χ4v) is 9.86. The minimum Gasteiger partial charge on any atom is -0.508 e. The average molecular weight is 770 g/mol. The Bertz CT molecular complexity index is 2120. The number of rotatable bonds is 9. The Hall–Kier alpha value is -5.39. The highest BCUT2D eigenvalue weighted by Crippen LogP contribution is 2.47. The zero-order chi connectivity index (χ0) is 39.0. The lowest BCUT2D eigenvalue weighted by Gasteiger charge is -2.47. The van der Waals surface area contributed by atoms with E-state index in [-0.39, 0.29) is 35.4 Å². The summed E-state index contributed by atoms with van der Waals surface area (Å²) in [7, 11) is 1.87. The number of nitrogens with zero attached hydrogens (tertiary/aromatic N) is 4. The van der Waals surface area contributed by atoms with E-state index in [9.17, 15) is 19.5 Å². The van der Waals surface area contributed by atoms with Gasteiger partial charge in [-0.15, -0.1) is 0 Å². The number of nitrogens with one attached hydrogen (secondary N) is 1. The molecule has 11 heteroatoms. The van der Waals surface area contributed by atoms with E-state index in [2.05, 4.69) is 80.7 Å². The maximum Gasteiger partial charge on any atom is 0.243 e. The molecule has 57 heavy (non-hydrogen) atoms. The summed E-state index contributed by atoms with van der Waals surface area (Å²) in [5, 5.41) is 12.6. The first kappa shape index (κ1) is 37.2. The van der Waals surface area contributed by atoms with Crippen molar-refractivity contribution < 1.29 is 29.0 Å². The maximum atomic E-state index is 12.5. The molecule has 5 aliphatic rings. The standard InChI is InChI=1S/C46H51N5O6/c1-48(40-13-14-44(54)47-46(40)55)25-33-21-41-43(22-34(33)27-52)56-28-36-26-49(19-20-51(36)41)24-30-15-17-50(18-16-30)35-9-7-32(8-10-35)45-38-12-11-37(53)23-42(38)57-29-39(45)31-5-3-2-4-6-31/h2-12,21-23,27,30,36,39-40,45,53H,13-20,24-26,28-29H2,1H3,(H,47,54,55). The fourth-order valence-electron chi connectivity index (χ4n) is 9.86. The van der Waals surface area contributed by atoms with Gasteiger partial charge < -0.3 is 24.4 Å². The number of anilines is 2. The lowest BCUT2D eigenvalue weighted by molar-refractivity contribution is -0.137. The van der Waals surface area contributed by atoms with Gasteiger partial charge in [0.2, 0.25) is 11.8 Å². The zero-order valence-corrected chi connectivity index (χ0v) is 32.5. The normalized spacial score (nSPS) is 23.8. The van der Waals surface area contributed by atoms with Gasteiger partial charge in [0.1, 0.15) is 23.9 Å². The molecular formula is C46H51N5O6. The minimum atomic E-state index is -0.412. The maximum absolute atomic E-state index is 12.5. The van der Waals surface area contributed by atoms with Gasteiger partial charge in [0.25, 0.3) is 0 Å². The quantitative estimate of drug-likeness (QED) is 0.166. The van der Waals surface area contributed by atoms with Gasteiger partial charge in [-0.3, -0.25) is 29.5 Å². The van der Waals surface area contributed by atoms with Crippen LogP contribution < -0.4 is 24.6 Å². The molecule has 3 fully saturated rings. The number of piperidine rings is 2. The molecule has 4 aromatic carbocycles. The number of likely N-dealkylation sites (N-methyl/N-ethyl adjacent to an activating group) is 1. The summed E-state index contributed by atoms with van der Waals surface area (Å²) < 4.78 is 12.5. The zero-order valence-electron chi connectivity index (χ0n) is 32.5. The first-order chi connectivity index (χ1) is 27.8. The molecule has 5 aliphatic heterocycles. The summed E-state index contributed by atoms with van der Waals surface area (Å²) in [6.45, 7) is 7.50. The van der Waals surface area contributed by atoms with E-state index >= 15 is 0 Å². The SMILES string of the molecule is CN(Cc1cc2c(cc1C=O)OCC1CN(CC3CCN(c4ccc(C5c6ccc(O)cc6OCC5c5ccccc5)cc4)CC3)CCN21)C1CCC(=O)NC1=O. The van der Waals surface area contributed by atoms with Gasteiger partial charge in [0.05, 0.1) is 24.4 Å². The van der Waals surface area contributed by atoms with Gasteiger partial charge in [-0.1, -0.05) is 48.5 Å². The number of phenols is 1. The molecular weight excluding hydrogens is 719 g/mol. The van der Waals surface area contributed by atoms with Gasteiger partial charge in [-0.2, -0.15) is 0 Å². The second-order valence-electron chi connectivity index (χ2n) is 16.5. The van der Waals surface area contributed by atoms with Crippen molar-refractivity contribution in [3.8, 4) is 17.2 Å². The predicted molar refractivity (Wildman–Crippen MR) is 219 cm³/mol. The average Bonchev–Trinajstić information content (AvgIpc) is 3.23. The first-order valence-corrected chi connectivity index (χ1v) is 20.4. The second kappa shape index (κ2) is 15.9. The molecule has 11 nitrogen and oxygen atoms in total. The molecule has 9 rings (SSSR count). The number of carbonyl (C=O) groups is 3. The number of hydrogen-bond donors (Lipinski definition) is 2. The van der Waals surface area contributed by atoms with Gasteiger partial charge in [0, 0.05) is 87.0 Å². The van der Waals surface area contributed by atoms with Gasteiger partial charge in [0.15, 0.2) is 6.29 Å². The van der Waals surface area contributed by atoms with Crippen molar-refractivity contribution in [3.05, 3.63) is 113 Å². The number of benzene rings is 4. The Kier molecular flexibility index (Phi) is 10.4. The van der Waals surface area contributed by atoms with Crippen LogP contribution in [0.5, 0.6) is 17.2 Å². The Morgan fingerprint density at radius 3 is 2.42 bits per heavy atom. The summed E-state index contributed by atoms with van der Waals surface area (Å²) in [6.07, 6.45) is 3.95. The van der Waals surface area contributed by atoms with Crippen LogP contribution in [0.2, 0.25) is 0 Å². The van der Waals surface area contributed by atoms with E-state index in [1.54, 1.807) is 12.1 Å². The fraction of sp³-hybridized carbons (Fsp3) is 0.413. The van der Waals surface area contributed by atoms with E-state index in [1.807, 2.05) is 24.1 Å². The van der Waals surface area contributed by atoms with Crippen molar-refractivity contribution >= 4 is 29.5 Å². The molecule has 0 radical (unpaired) electrons. The summed E-state index contributed by atoms with van der Waals surface area (Å²) >= 11 is 0. The van der Waals surface area contributed by atoms with E-state index < -0.39 is 6.04 Å². The summed E-state index contributed by atoms with van der Waals surface area (Å²) in [5.74, 6) is 2.14. The number of aromatic hydroxyl groups is 1. The number of amides is 2. The van der Waals surface area contributed by atoms with E-state index in [0.29, 0.717) is 44.1 Å². The number of ether oxygens (including phenoxy) is 2. The molecule has 3 saturated heterocycles. The number of fused-ring (bicyclic) bond motifs is 4. The van der Waals surface area contributed by atoms with Crippen LogP contribution in [0.25, 0.3) is 0 Å². The molecule has 0 aromatic heterocycles. The van der Waals surface area contributed by atoms with Crippen LogP contribution in [0.4, 0.5) is 11.4 Å². The lowest BCUT2D eigenvalue weighted by atomic mass is 9.76. The number of hydrogen-bond acceptors (Lipinski definition) is 10. The Morgan fingerprint density at radius 1 is 0.860 bits per heavy atom. The molecule has 0 spiro atoms. The van der Waals surface area contributed by atoms with Crippen LogP contribution in [0.3, 0.4) is 0 Å². The molecule has 5 heterocycles. The Labute approximate surface area is 334 Å². The lowest BCUT2D eigenvalue weighted by Crippen LogP contribution is -2.58. The number of carbonyl (C=O) groups excluding carboxylic acids is 3. The van der Waals surface area contributed by atoms with Gasteiger partial charge in [-0.25, -0.2) is 0 Å². The van der Waals surface area contributed by atoms with Crippen molar-refractivity contribution in [1.29, 1.82) is 0 Å². The van der Waals surface area contributed by atoms with E-state index in [4.69, 9.17) is 9.47 Å². The van der Waals surface area contributed by atoms with Crippen molar-refractivity contribution in [3.63, 3.8) is 0 Å². The van der Waals surface area contributed by atoms with Crippen LogP contribution in [0.15, 0.2) is 84.9 Å². The number of piperazine rings is 1. The Morgan fingerprint density at radius 2 is 1.65 bits per heavy atom. The molecule has 4 unspecified atom stereocenters.